The number of benzene rings is 1. The molecule has 1 aromatic carbocycles. The van der Waals surface area contributed by atoms with Crippen molar-refractivity contribution >= 4 is 11.5 Å². The van der Waals surface area contributed by atoms with Crippen molar-refractivity contribution in [3.8, 4) is 28.7 Å². The third-order valence-corrected chi connectivity index (χ3v) is 5.88. The maximum absolute atomic E-state index is 13.0. The molecule has 1 aliphatic carbocycles. The van der Waals surface area contributed by atoms with Gasteiger partial charge in [0.1, 0.15) is 17.7 Å². The Balaban J connectivity index is 1.35. The van der Waals surface area contributed by atoms with Crippen molar-refractivity contribution in [2.75, 3.05) is 18.2 Å². The molecule has 9 nitrogen and oxygen atoms in total. The number of hydrogen-bond donors (Lipinski definition) is 2. The number of aromatic nitrogens is 6. The zero-order chi connectivity index (χ0) is 25.4. The van der Waals surface area contributed by atoms with Gasteiger partial charge in [-0.25, -0.2) is 24.9 Å². The Bertz CT molecular complexity index is 1400. The minimum Gasteiger partial charge on any atom is -0.480 e. The fraction of sp³-hybridized carbons (Fsp3) is 0.292. The third kappa shape index (κ3) is 4.66. The van der Waals surface area contributed by atoms with Crippen molar-refractivity contribution in [2.45, 2.75) is 31.5 Å². The van der Waals surface area contributed by atoms with Crippen LogP contribution in [-0.4, -0.2) is 36.6 Å². The number of hydrogen-bond acceptors (Lipinski definition) is 8. The number of nitrogen functional groups attached to an aromatic ring is 1. The lowest BCUT2D eigenvalue weighted by Crippen LogP contribution is -2.08. The number of alkyl halides is 3. The van der Waals surface area contributed by atoms with E-state index in [9.17, 15) is 13.2 Å². The fourth-order valence-electron chi connectivity index (χ4n) is 3.90. The van der Waals surface area contributed by atoms with E-state index in [0.29, 0.717) is 46.8 Å². The number of nitrogens with zero attached hydrogens (tertiary/aromatic N) is 6. The molecule has 3 N–H and O–H groups in total. The summed E-state index contributed by atoms with van der Waals surface area (Å²) < 4.78 is 45.7. The van der Waals surface area contributed by atoms with Crippen LogP contribution in [-0.2, 0) is 19.8 Å². The van der Waals surface area contributed by atoms with Crippen molar-refractivity contribution in [1.82, 2.24) is 29.5 Å². The Morgan fingerprint density at radius 3 is 2.50 bits per heavy atom. The number of ether oxygens (including phenoxy) is 1. The molecule has 0 atom stereocenters. The van der Waals surface area contributed by atoms with Gasteiger partial charge in [0.15, 0.2) is 17.3 Å². The minimum atomic E-state index is -4.49. The summed E-state index contributed by atoms with van der Waals surface area (Å²) in [6.45, 7) is 0.382. The van der Waals surface area contributed by atoms with Crippen LogP contribution >= 0.6 is 0 Å². The van der Waals surface area contributed by atoms with Crippen molar-refractivity contribution < 1.29 is 17.9 Å². The summed E-state index contributed by atoms with van der Waals surface area (Å²) >= 11 is 0. The van der Waals surface area contributed by atoms with Gasteiger partial charge < -0.3 is 20.4 Å². The molecule has 0 spiro atoms. The number of aryl methyl sites for hydroxylation is 1. The van der Waals surface area contributed by atoms with E-state index >= 15 is 0 Å². The predicted octanol–water partition coefficient (Wildman–Crippen LogP) is 4.43. The van der Waals surface area contributed by atoms with Gasteiger partial charge in [0.2, 0.25) is 5.88 Å². The molecule has 1 saturated carbocycles. The molecule has 1 fully saturated rings. The van der Waals surface area contributed by atoms with E-state index in [1.165, 1.54) is 31.2 Å². The zero-order valence-corrected chi connectivity index (χ0v) is 19.5. The predicted molar refractivity (Wildman–Crippen MR) is 127 cm³/mol. The van der Waals surface area contributed by atoms with E-state index in [1.54, 1.807) is 12.1 Å². The molecular formula is C24H23F3N8O. The molecule has 12 heteroatoms. The van der Waals surface area contributed by atoms with Crippen LogP contribution in [0.5, 0.6) is 5.88 Å². The quantitative estimate of drug-likeness (QED) is 0.386. The van der Waals surface area contributed by atoms with Crippen LogP contribution in [0, 0.1) is 0 Å². The Labute approximate surface area is 204 Å². The van der Waals surface area contributed by atoms with Crippen molar-refractivity contribution in [1.29, 1.82) is 0 Å². The number of nitrogens with two attached hydrogens (primary N) is 1. The van der Waals surface area contributed by atoms with Crippen molar-refractivity contribution in [2.24, 2.45) is 7.05 Å². The summed E-state index contributed by atoms with van der Waals surface area (Å²) in [5.41, 5.74) is 8.52. The molecule has 3 aromatic heterocycles. The Morgan fingerprint density at radius 1 is 1.11 bits per heavy atom. The standard InChI is InChI=1S/C24H23F3N8O/c1-35-11-17(24(25,26)27)33-22(35)15-5-3-13(4-6-15)9-29-20-16(28)10-30-21(34-20)18-19(14-7-8-14)31-12-32-23(18)36-2/h3-6,10-12,14H,7-9,28H2,1-2H3,(H,29,30,34). The van der Waals surface area contributed by atoms with Gasteiger partial charge >= 0.3 is 6.18 Å². The van der Waals surface area contributed by atoms with Gasteiger partial charge in [0.05, 0.1) is 24.7 Å². The summed E-state index contributed by atoms with van der Waals surface area (Å²) in [7, 11) is 3.07. The number of rotatable bonds is 7. The van der Waals surface area contributed by atoms with Gasteiger partial charge in [-0.3, -0.25) is 0 Å². The van der Waals surface area contributed by atoms with Crippen LogP contribution in [0.4, 0.5) is 24.7 Å². The Hall–Kier alpha value is -4.22. The maximum Gasteiger partial charge on any atom is 0.434 e. The molecular weight excluding hydrogens is 473 g/mol. The summed E-state index contributed by atoms with van der Waals surface area (Å²) in [6, 6.07) is 7.06. The van der Waals surface area contributed by atoms with Gasteiger partial charge in [0.25, 0.3) is 0 Å². The molecule has 0 unspecified atom stereocenters. The lowest BCUT2D eigenvalue weighted by atomic mass is 10.1. The van der Waals surface area contributed by atoms with E-state index in [4.69, 9.17) is 10.5 Å². The van der Waals surface area contributed by atoms with Crippen LogP contribution < -0.4 is 15.8 Å². The molecule has 0 amide bonds. The highest BCUT2D eigenvalue weighted by atomic mass is 19.4. The molecule has 0 radical (unpaired) electrons. The molecule has 5 rings (SSSR count). The first-order valence-corrected chi connectivity index (χ1v) is 11.2. The fourth-order valence-corrected chi connectivity index (χ4v) is 3.90. The normalized spacial score (nSPS) is 13.6. The average Bonchev–Trinajstić information content (AvgIpc) is 3.63. The molecule has 36 heavy (non-hydrogen) atoms. The third-order valence-electron chi connectivity index (χ3n) is 5.88. The summed E-state index contributed by atoms with van der Waals surface area (Å²) in [5.74, 6) is 1.82. The molecule has 4 aromatic rings. The summed E-state index contributed by atoms with van der Waals surface area (Å²) in [4.78, 5) is 21.4. The molecule has 0 saturated heterocycles. The second kappa shape index (κ2) is 9.10. The second-order valence-electron chi connectivity index (χ2n) is 8.52. The van der Waals surface area contributed by atoms with Gasteiger partial charge in [0, 0.05) is 31.3 Å². The number of anilines is 2. The van der Waals surface area contributed by atoms with Gasteiger partial charge in [-0.15, -0.1) is 0 Å². The first-order chi connectivity index (χ1) is 17.2. The van der Waals surface area contributed by atoms with Gasteiger partial charge in [-0.1, -0.05) is 24.3 Å². The largest absolute Gasteiger partial charge is 0.480 e. The lowest BCUT2D eigenvalue weighted by molar-refractivity contribution is -0.140. The number of methoxy groups -OCH3 is 1. The van der Waals surface area contributed by atoms with Crippen LogP contribution in [0.3, 0.4) is 0 Å². The first-order valence-electron chi connectivity index (χ1n) is 11.2. The van der Waals surface area contributed by atoms with E-state index in [1.807, 2.05) is 12.1 Å². The molecule has 1 aliphatic rings. The van der Waals surface area contributed by atoms with Crippen LogP contribution in [0.1, 0.15) is 35.7 Å². The zero-order valence-electron chi connectivity index (χ0n) is 19.5. The molecule has 0 bridgehead atoms. The lowest BCUT2D eigenvalue weighted by Gasteiger charge is -2.13. The number of imidazole rings is 1. The molecule has 0 aliphatic heterocycles. The van der Waals surface area contributed by atoms with Crippen LogP contribution in [0.2, 0.25) is 0 Å². The highest BCUT2D eigenvalue weighted by Gasteiger charge is 2.34. The van der Waals surface area contributed by atoms with Crippen molar-refractivity contribution in [3.63, 3.8) is 0 Å². The Morgan fingerprint density at radius 2 is 1.86 bits per heavy atom. The second-order valence-corrected chi connectivity index (χ2v) is 8.52. The van der Waals surface area contributed by atoms with Gasteiger partial charge in [-0.05, 0) is 18.4 Å². The smallest absolute Gasteiger partial charge is 0.434 e. The summed E-state index contributed by atoms with van der Waals surface area (Å²) in [6.07, 6.45) is 1.56. The van der Waals surface area contributed by atoms with Gasteiger partial charge in [-0.2, -0.15) is 13.2 Å². The van der Waals surface area contributed by atoms with Crippen LogP contribution in [0.25, 0.3) is 22.8 Å². The van der Waals surface area contributed by atoms with E-state index in [2.05, 4.69) is 30.2 Å². The number of halogens is 3. The first kappa shape index (κ1) is 23.5. The SMILES string of the molecule is COc1ncnc(C2CC2)c1-c1ncc(N)c(NCc2ccc(-c3nc(C(F)(F)F)cn3C)cc2)n1. The average molecular weight is 496 g/mol. The summed E-state index contributed by atoms with van der Waals surface area (Å²) in [5, 5.41) is 3.21. The molecule has 3 heterocycles. The Kier molecular flexibility index (Phi) is 5.94. The minimum absolute atomic E-state index is 0.233. The van der Waals surface area contributed by atoms with E-state index < -0.39 is 11.9 Å². The highest BCUT2D eigenvalue weighted by molar-refractivity contribution is 5.70. The monoisotopic (exact) mass is 496 g/mol. The van der Waals surface area contributed by atoms with Crippen LogP contribution in [0.15, 0.2) is 43.0 Å². The highest BCUT2D eigenvalue weighted by Crippen LogP contribution is 2.45. The number of nitrogens with one attached hydrogen (secondary N) is 1. The molecule has 186 valence electrons. The maximum atomic E-state index is 13.0. The van der Waals surface area contributed by atoms with Crippen molar-refractivity contribution in [3.05, 3.63) is 59.9 Å². The van der Waals surface area contributed by atoms with E-state index in [0.717, 1.165) is 30.3 Å². The topological polar surface area (TPSA) is 117 Å². The van der Waals surface area contributed by atoms with E-state index in [-0.39, 0.29) is 5.82 Å².